The van der Waals surface area contributed by atoms with Crippen LogP contribution in [0, 0.1) is 0 Å². The van der Waals surface area contributed by atoms with Crippen molar-refractivity contribution in [2.24, 2.45) is 0 Å². The smallest absolute Gasteiger partial charge is 0.164 e. The van der Waals surface area contributed by atoms with Crippen LogP contribution in [0.1, 0.15) is 27.7 Å². The number of hydrogen-bond donors (Lipinski definition) is 2. The van der Waals surface area contributed by atoms with E-state index in [9.17, 15) is 0 Å². The fourth-order valence-electron chi connectivity index (χ4n) is 5.59. The molecule has 225 valence electrons. The van der Waals surface area contributed by atoms with Crippen molar-refractivity contribution in [3.05, 3.63) is 97.1 Å². The second kappa shape index (κ2) is 12.4. The summed E-state index contributed by atoms with van der Waals surface area (Å²) in [5.74, 6) is 2.39. The van der Waals surface area contributed by atoms with Crippen molar-refractivity contribution in [3.8, 4) is 45.6 Å². The van der Waals surface area contributed by atoms with Crippen LogP contribution >= 0.6 is 0 Å². The third-order valence-electron chi connectivity index (χ3n) is 7.46. The van der Waals surface area contributed by atoms with Crippen LogP contribution < -0.4 is 0 Å². The molecule has 0 spiro atoms. The molecule has 0 amide bonds. The van der Waals surface area contributed by atoms with Gasteiger partial charge in [-0.3, -0.25) is 0 Å². The molecule has 0 fully saturated rings. The Hall–Kier alpha value is -5.24. The minimum atomic E-state index is 0. The molecule has 2 aliphatic heterocycles. The molecular weight excluding hydrogens is 608 g/mol. The Morgan fingerprint density at radius 2 is 0.556 bits per heavy atom. The number of aromatic nitrogens is 8. The van der Waals surface area contributed by atoms with Gasteiger partial charge in [0.2, 0.25) is 0 Å². The van der Waals surface area contributed by atoms with Crippen LogP contribution in [0.15, 0.2) is 97.1 Å². The summed E-state index contributed by atoms with van der Waals surface area (Å²) in [4.78, 5) is 36.8. The molecule has 45 heavy (non-hydrogen) atoms. The fourth-order valence-corrected chi connectivity index (χ4v) is 5.59. The van der Waals surface area contributed by atoms with E-state index in [1.807, 2.05) is 125 Å². The summed E-state index contributed by atoms with van der Waals surface area (Å²) in [6.07, 6.45) is 0. The third-order valence-corrected chi connectivity index (χ3v) is 7.46. The first-order valence-corrected chi connectivity index (χ1v) is 15.0. The maximum absolute atomic E-state index is 5.02. The summed E-state index contributed by atoms with van der Waals surface area (Å²) >= 11 is 0. The molecule has 4 aromatic carbocycles. The van der Waals surface area contributed by atoms with Crippen molar-refractivity contribution in [3.63, 3.8) is 0 Å². The molecule has 0 saturated heterocycles. The topological polar surface area (TPSA) is 109 Å². The maximum Gasteiger partial charge on any atom is 0.164 e. The molecule has 9 heteroatoms. The van der Waals surface area contributed by atoms with Crippen molar-refractivity contribution in [2.45, 2.75) is 27.7 Å². The van der Waals surface area contributed by atoms with Gasteiger partial charge in [-0.05, 0) is 0 Å². The molecule has 3 aromatic heterocycles. The monoisotopic (exact) mass is 637 g/mol. The fraction of sp³-hybridized carbons (Fsp3) is 0.111. The Bertz CT molecular complexity index is 2040. The molecule has 9 rings (SSSR count). The van der Waals surface area contributed by atoms with Gasteiger partial charge in [0.25, 0.3) is 0 Å². The van der Waals surface area contributed by atoms with E-state index in [1.165, 1.54) is 0 Å². The number of aromatic amines is 2. The summed E-state index contributed by atoms with van der Waals surface area (Å²) in [5.41, 5.74) is 6.45. The van der Waals surface area contributed by atoms with Gasteiger partial charge in [-0.1, -0.05) is 125 Å². The van der Waals surface area contributed by atoms with Gasteiger partial charge in [0.1, 0.15) is 22.6 Å². The van der Waals surface area contributed by atoms with E-state index < -0.39 is 0 Å². The Morgan fingerprint density at radius 1 is 0.333 bits per heavy atom. The van der Waals surface area contributed by atoms with Gasteiger partial charge in [-0.15, -0.1) is 0 Å². The second-order valence-electron chi connectivity index (χ2n) is 9.79. The van der Waals surface area contributed by atoms with Crippen LogP contribution in [-0.2, 0) is 17.1 Å². The predicted octanol–water partition coefficient (Wildman–Crippen LogP) is 8.92. The summed E-state index contributed by atoms with van der Waals surface area (Å²) in [5, 5.41) is 3.82. The molecule has 7 aromatic rings. The van der Waals surface area contributed by atoms with E-state index in [-0.39, 0.29) is 17.1 Å². The van der Waals surface area contributed by atoms with Crippen molar-refractivity contribution in [1.29, 1.82) is 0 Å². The van der Waals surface area contributed by atoms with Crippen LogP contribution in [0.25, 0.3) is 89.7 Å². The van der Waals surface area contributed by atoms with Crippen LogP contribution in [-0.4, -0.2) is 39.9 Å². The van der Waals surface area contributed by atoms with Crippen LogP contribution in [0.5, 0.6) is 0 Å². The molecule has 0 aliphatic carbocycles. The largest absolute Gasteiger partial charge is 0.324 e. The second-order valence-corrected chi connectivity index (χ2v) is 9.79. The number of fused-ring (bicyclic) bond motifs is 20. The number of H-pyrrole nitrogens is 2. The van der Waals surface area contributed by atoms with Gasteiger partial charge < -0.3 is 9.97 Å². The average molecular weight is 638 g/mol. The molecule has 8 bridgehead atoms. The van der Waals surface area contributed by atoms with Crippen molar-refractivity contribution < 1.29 is 17.1 Å². The van der Waals surface area contributed by atoms with Gasteiger partial charge in [0.15, 0.2) is 23.3 Å². The molecule has 0 saturated carbocycles. The minimum Gasteiger partial charge on any atom is -0.324 e. The third kappa shape index (κ3) is 4.96. The standard InChI is InChI=1S/C32H18N8.2C2H6.Cu/c1-2-10-18-17(9-1)25-33-26(18)38-28-21-13-5-6-14-22(21)30(35-28)40-32-24-16-8-7-15-23(24)31(36-32)39-29-20-12-4-3-11-19(20)27(34-29)37-25;2*1-2;/h1-16H,(H2,33,34,35,36,37,38,39,40);2*1-2H3;. The van der Waals surface area contributed by atoms with E-state index >= 15 is 0 Å². The molecule has 5 heterocycles. The van der Waals surface area contributed by atoms with Gasteiger partial charge in [0, 0.05) is 60.9 Å². The molecule has 1 radical (unpaired) electrons. The number of nitrogens with one attached hydrogen (secondary N) is 2. The summed E-state index contributed by atoms with van der Waals surface area (Å²) < 4.78 is 0. The maximum atomic E-state index is 5.02. The van der Waals surface area contributed by atoms with E-state index in [0.717, 1.165) is 43.8 Å². The van der Waals surface area contributed by atoms with Crippen molar-refractivity contribution in [2.75, 3.05) is 0 Å². The van der Waals surface area contributed by atoms with Crippen molar-refractivity contribution in [1.82, 2.24) is 39.9 Å². The molecule has 2 aliphatic rings. The normalized spacial score (nSPS) is 10.9. The molecule has 8 nitrogen and oxygen atoms in total. The first-order valence-electron chi connectivity index (χ1n) is 15.0. The first kappa shape index (κ1) is 29.8. The van der Waals surface area contributed by atoms with E-state index in [4.69, 9.17) is 29.9 Å². The number of rotatable bonds is 0. The Balaban J connectivity index is 0.000000689. The van der Waals surface area contributed by atoms with Crippen LogP contribution in [0.3, 0.4) is 0 Å². The number of benzene rings is 4. The van der Waals surface area contributed by atoms with Gasteiger partial charge in [0.05, 0.1) is 0 Å². The van der Waals surface area contributed by atoms with Gasteiger partial charge >= 0.3 is 0 Å². The van der Waals surface area contributed by atoms with E-state index in [0.29, 0.717) is 45.9 Å². The van der Waals surface area contributed by atoms with Crippen LogP contribution in [0.2, 0.25) is 0 Å². The van der Waals surface area contributed by atoms with Crippen LogP contribution in [0.4, 0.5) is 0 Å². The van der Waals surface area contributed by atoms with Crippen molar-refractivity contribution >= 4 is 44.1 Å². The first-order chi connectivity index (χ1) is 21.8. The Labute approximate surface area is 270 Å². The Morgan fingerprint density at radius 3 is 0.800 bits per heavy atom. The van der Waals surface area contributed by atoms with E-state index in [2.05, 4.69) is 9.97 Å². The molecule has 0 unspecified atom stereocenters. The SMILES string of the molecule is CC.CC.[Cu].c1ccc2c(c1)-c1nc-2nc2[nH]c(nc3nc(nc4[nH]c(n1)c1ccccc41)-c1ccccc1-3)c1ccccc21. The number of nitrogens with zero attached hydrogens (tertiary/aromatic N) is 6. The van der Waals surface area contributed by atoms with Gasteiger partial charge in [-0.25, -0.2) is 29.9 Å². The van der Waals surface area contributed by atoms with E-state index in [1.54, 1.807) is 0 Å². The summed E-state index contributed by atoms with van der Waals surface area (Å²) in [7, 11) is 0. The zero-order chi connectivity index (χ0) is 30.2. The minimum absolute atomic E-state index is 0. The molecular formula is C36H30CuN8. The van der Waals surface area contributed by atoms with Gasteiger partial charge in [-0.2, -0.15) is 0 Å². The quantitative estimate of drug-likeness (QED) is 0.161. The average Bonchev–Trinajstić information content (AvgIpc) is 3.82. The summed E-state index contributed by atoms with van der Waals surface area (Å²) in [6.45, 7) is 8.00. The zero-order valence-corrected chi connectivity index (χ0v) is 26.2. The number of hydrogen-bond acceptors (Lipinski definition) is 6. The Kier molecular flexibility index (Phi) is 8.22. The summed E-state index contributed by atoms with van der Waals surface area (Å²) in [6, 6.07) is 32.2. The molecule has 0 atom stereocenters. The molecule has 2 N–H and O–H groups in total. The zero-order valence-electron chi connectivity index (χ0n) is 25.2. The predicted molar refractivity (Wildman–Crippen MR) is 179 cm³/mol.